The zero-order valence-corrected chi connectivity index (χ0v) is 6.78. The molecule has 12 heavy (non-hydrogen) atoms. The molecule has 0 aromatic heterocycles. The Balaban J connectivity index is 3.05. The van der Waals surface area contributed by atoms with Crippen LogP contribution in [0.2, 0.25) is 0 Å². The first-order chi connectivity index (χ1) is 5.74. The van der Waals surface area contributed by atoms with E-state index in [-0.39, 0.29) is 5.75 Å². The van der Waals surface area contributed by atoms with Gasteiger partial charge in [-0.1, -0.05) is 12.1 Å². The molecule has 0 heterocycles. The summed E-state index contributed by atoms with van der Waals surface area (Å²) in [4.78, 5) is 0. The van der Waals surface area contributed by atoms with E-state index < -0.39 is 0 Å². The Morgan fingerprint density at radius 3 is 2.92 bits per heavy atom. The maximum absolute atomic E-state index is 9.12. The second-order valence-electron chi connectivity index (χ2n) is 2.51. The Hall–Kier alpha value is -1.75. The van der Waals surface area contributed by atoms with Gasteiger partial charge in [-0.15, -0.1) is 0 Å². The molecule has 0 fully saturated rings. The van der Waals surface area contributed by atoms with Crippen molar-refractivity contribution in [2.45, 2.75) is 6.92 Å². The zero-order valence-electron chi connectivity index (χ0n) is 6.78. The lowest BCUT2D eigenvalue weighted by atomic mass is 10.1. The van der Waals surface area contributed by atoms with Crippen LogP contribution >= 0.6 is 0 Å². The Morgan fingerprint density at radius 2 is 2.33 bits per heavy atom. The molecule has 2 heteroatoms. The normalized spacial score (nSPS) is 10.8. The molecule has 0 aliphatic carbocycles. The van der Waals surface area contributed by atoms with E-state index in [1.54, 1.807) is 18.2 Å². The van der Waals surface area contributed by atoms with Crippen LogP contribution in [0.1, 0.15) is 12.5 Å². The van der Waals surface area contributed by atoms with E-state index in [1.165, 1.54) is 6.08 Å². The fourth-order valence-electron chi connectivity index (χ4n) is 0.931. The third-order valence-electron chi connectivity index (χ3n) is 1.58. The maximum Gasteiger partial charge on any atom is 0.116 e. The molecule has 0 radical (unpaired) electrons. The molecular formula is C10H9NO. The van der Waals surface area contributed by atoms with Crippen molar-refractivity contribution in [1.82, 2.24) is 0 Å². The summed E-state index contributed by atoms with van der Waals surface area (Å²) in [6.45, 7) is 1.83. The highest BCUT2D eigenvalue weighted by Gasteiger charge is 1.95. The number of phenols is 1. The SMILES string of the molecule is C/C(=C\C#N)c1cccc(O)c1. The van der Waals surface area contributed by atoms with Crippen LogP contribution in [0.3, 0.4) is 0 Å². The number of nitriles is 1. The van der Waals surface area contributed by atoms with E-state index in [2.05, 4.69) is 0 Å². The minimum Gasteiger partial charge on any atom is -0.508 e. The summed E-state index contributed by atoms with van der Waals surface area (Å²) in [5.41, 5.74) is 1.73. The van der Waals surface area contributed by atoms with Gasteiger partial charge in [-0.2, -0.15) is 5.26 Å². The lowest BCUT2D eigenvalue weighted by molar-refractivity contribution is 0.475. The van der Waals surface area contributed by atoms with Gasteiger partial charge < -0.3 is 5.11 Å². The summed E-state index contributed by atoms with van der Waals surface area (Å²) in [5.74, 6) is 0.221. The molecule has 0 saturated carbocycles. The molecule has 2 nitrogen and oxygen atoms in total. The van der Waals surface area contributed by atoms with Crippen molar-refractivity contribution < 1.29 is 5.11 Å². The Kier molecular flexibility index (Phi) is 2.49. The molecule has 1 aromatic carbocycles. The minimum absolute atomic E-state index is 0.221. The Labute approximate surface area is 71.4 Å². The highest BCUT2D eigenvalue weighted by Crippen LogP contribution is 2.17. The first kappa shape index (κ1) is 8.35. The second-order valence-corrected chi connectivity index (χ2v) is 2.51. The van der Waals surface area contributed by atoms with E-state index in [1.807, 2.05) is 19.1 Å². The number of rotatable bonds is 1. The molecule has 1 rings (SSSR count). The molecular weight excluding hydrogens is 150 g/mol. The molecule has 0 atom stereocenters. The van der Waals surface area contributed by atoms with Crippen molar-refractivity contribution in [3.05, 3.63) is 35.9 Å². The molecule has 1 N–H and O–H groups in total. The van der Waals surface area contributed by atoms with E-state index in [0.717, 1.165) is 11.1 Å². The van der Waals surface area contributed by atoms with Crippen LogP contribution < -0.4 is 0 Å². The van der Waals surface area contributed by atoms with Gasteiger partial charge in [0.15, 0.2) is 0 Å². The van der Waals surface area contributed by atoms with E-state index in [4.69, 9.17) is 10.4 Å². The quantitative estimate of drug-likeness (QED) is 0.639. The van der Waals surface area contributed by atoms with E-state index in [0.29, 0.717) is 0 Å². The zero-order chi connectivity index (χ0) is 8.97. The molecule has 0 spiro atoms. The number of allylic oxidation sites excluding steroid dienone is 2. The lowest BCUT2D eigenvalue weighted by Gasteiger charge is -1.99. The van der Waals surface area contributed by atoms with E-state index >= 15 is 0 Å². The number of hydrogen-bond acceptors (Lipinski definition) is 2. The monoisotopic (exact) mass is 159 g/mol. The summed E-state index contributed by atoms with van der Waals surface area (Å²) < 4.78 is 0. The topological polar surface area (TPSA) is 44.0 Å². The summed E-state index contributed by atoms with van der Waals surface area (Å²) in [5, 5.41) is 17.5. The van der Waals surface area contributed by atoms with Gasteiger partial charge in [0.2, 0.25) is 0 Å². The van der Waals surface area contributed by atoms with Gasteiger partial charge in [0.05, 0.1) is 6.07 Å². The molecule has 0 saturated heterocycles. The summed E-state index contributed by atoms with van der Waals surface area (Å²) in [6, 6.07) is 8.77. The van der Waals surface area contributed by atoms with Gasteiger partial charge >= 0.3 is 0 Å². The molecule has 1 aromatic rings. The third-order valence-corrected chi connectivity index (χ3v) is 1.58. The van der Waals surface area contributed by atoms with Crippen LogP contribution in [0.4, 0.5) is 0 Å². The van der Waals surface area contributed by atoms with Crippen LogP contribution in [0.5, 0.6) is 5.75 Å². The highest BCUT2D eigenvalue weighted by atomic mass is 16.3. The van der Waals surface area contributed by atoms with Crippen molar-refractivity contribution in [2.75, 3.05) is 0 Å². The average molecular weight is 159 g/mol. The molecule has 0 unspecified atom stereocenters. The summed E-state index contributed by atoms with van der Waals surface area (Å²) >= 11 is 0. The van der Waals surface area contributed by atoms with Crippen LogP contribution in [-0.2, 0) is 0 Å². The predicted molar refractivity (Wildman–Crippen MR) is 47.4 cm³/mol. The van der Waals surface area contributed by atoms with Crippen molar-refractivity contribution >= 4 is 5.57 Å². The van der Waals surface area contributed by atoms with Gasteiger partial charge in [0, 0.05) is 6.08 Å². The average Bonchev–Trinajstić information content (AvgIpc) is 2.05. The first-order valence-corrected chi connectivity index (χ1v) is 3.60. The van der Waals surface area contributed by atoms with E-state index in [9.17, 15) is 0 Å². The number of benzene rings is 1. The van der Waals surface area contributed by atoms with Gasteiger partial charge in [0.25, 0.3) is 0 Å². The van der Waals surface area contributed by atoms with Crippen LogP contribution in [0.15, 0.2) is 30.3 Å². The predicted octanol–water partition coefficient (Wildman–Crippen LogP) is 2.32. The fraction of sp³-hybridized carbons (Fsp3) is 0.100. The molecule has 0 amide bonds. The summed E-state index contributed by atoms with van der Waals surface area (Å²) in [7, 11) is 0. The van der Waals surface area contributed by atoms with Gasteiger partial charge in [-0.3, -0.25) is 0 Å². The fourth-order valence-corrected chi connectivity index (χ4v) is 0.931. The number of aromatic hydroxyl groups is 1. The standard InChI is InChI=1S/C10H9NO/c1-8(5-6-11)9-3-2-4-10(12)7-9/h2-5,7,12H,1H3/b8-5+. The Bertz CT molecular complexity index is 347. The van der Waals surface area contributed by atoms with Gasteiger partial charge in [-0.05, 0) is 30.2 Å². The van der Waals surface area contributed by atoms with Crippen molar-refractivity contribution in [3.63, 3.8) is 0 Å². The van der Waals surface area contributed by atoms with Crippen LogP contribution in [0, 0.1) is 11.3 Å². The molecule has 0 aliphatic rings. The van der Waals surface area contributed by atoms with Crippen molar-refractivity contribution in [1.29, 1.82) is 5.26 Å². The summed E-state index contributed by atoms with van der Waals surface area (Å²) in [6.07, 6.45) is 1.45. The molecule has 0 aliphatic heterocycles. The smallest absolute Gasteiger partial charge is 0.116 e. The second kappa shape index (κ2) is 3.59. The van der Waals surface area contributed by atoms with Gasteiger partial charge in [0.1, 0.15) is 5.75 Å². The number of nitrogens with zero attached hydrogens (tertiary/aromatic N) is 1. The Morgan fingerprint density at radius 1 is 1.58 bits per heavy atom. The first-order valence-electron chi connectivity index (χ1n) is 3.60. The number of hydrogen-bond donors (Lipinski definition) is 1. The van der Waals surface area contributed by atoms with Gasteiger partial charge in [-0.25, -0.2) is 0 Å². The maximum atomic E-state index is 9.12. The largest absolute Gasteiger partial charge is 0.508 e. The third kappa shape index (κ3) is 1.86. The molecule has 60 valence electrons. The number of phenolic OH excluding ortho intramolecular Hbond substituents is 1. The minimum atomic E-state index is 0.221. The van der Waals surface area contributed by atoms with Crippen LogP contribution in [0.25, 0.3) is 5.57 Å². The van der Waals surface area contributed by atoms with Crippen molar-refractivity contribution in [3.8, 4) is 11.8 Å². The highest BCUT2D eigenvalue weighted by molar-refractivity contribution is 5.66. The lowest BCUT2D eigenvalue weighted by Crippen LogP contribution is -1.77. The molecule has 0 bridgehead atoms. The van der Waals surface area contributed by atoms with Crippen molar-refractivity contribution in [2.24, 2.45) is 0 Å². The van der Waals surface area contributed by atoms with Crippen LogP contribution in [-0.4, -0.2) is 5.11 Å².